The Bertz CT molecular complexity index is 576. The highest BCUT2D eigenvalue weighted by atomic mass is 19.1. The van der Waals surface area contributed by atoms with Crippen LogP contribution in [-0.2, 0) is 10.2 Å². The van der Waals surface area contributed by atoms with E-state index in [0.717, 1.165) is 37.2 Å². The van der Waals surface area contributed by atoms with Crippen LogP contribution in [0.1, 0.15) is 57.3 Å². The molecule has 0 aliphatic carbocycles. The lowest BCUT2D eigenvalue weighted by Crippen LogP contribution is -2.48. The zero-order valence-corrected chi connectivity index (χ0v) is 13.7. The molecule has 2 aliphatic heterocycles. The van der Waals surface area contributed by atoms with Crippen LogP contribution < -0.4 is 5.32 Å². The van der Waals surface area contributed by atoms with E-state index in [-0.39, 0.29) is 5.91 Å². The Labute approximate surface area is 131 Å². The van der Waals surface area contributed by atoms with E-state index in [0.29, 0.717) is 18.0 Å². The van der Waals surface area contributed by atoms with Crippen molar-refractivity contribution >= 4 is 11.6 Å². The summed E-state index contributed by atoms with van der Waals surface area (Å²) in [5, 5.41) is 3.01. The molecule has 2 aliphatic rings. The largest absolute Gasteiger partial charge is 0.325 e. The summed E-state index contributed by atoms with van der Waals surface area (Å²) in [7, 11) is 0. The number of halogens is 1. The third-order valence-electron chi connectivity index (χ3n) is 5.34. The van der Waals surface area contributed by atoms with E-state index in [1.165, 1.54) is 0 Å². The van der Waals surface area contributed by atoms with Gasteiger partial charge < -0.3 is 10.2 Å². The molecule has 1 saturated heterocycles. The van der Waals surface area contributed by atoms with Crippen LogP contribution in [-0.4, -0.2) is 29.9 Å². The molecule has 1 amide bonds. The van der Waals surface area contributed by atoms with Crippen LogP contribution in [0.4, 0.5) is 10.1 Å². The molecular formula is C18H25FN2O. The van der Waals surface area contributed by atoms with Crippen LogP contribution in [0.2, 0.25) is 0 Å². The van der Waals surface area contributed by atoms with Gasteiger partial charge in [-0.3, -0.25) is 4.79 Å². The highest BCUT2D eigenvalue weighted by molar-refractivity contribution is 6.06. The van der Waals surface area contributed by atoms with Gasteiger partial charge in [0.25, 0.3) is 0 Å². The minimum Gasteiger partial charge on any atom is -0.325 e. The van der Waals surface area contributed by atoms with Crippen molar-refractivity contribution in [1.29, 1.82) is 0 Å². The van der Waals surface area contributed by atoms with Gasteiger partial charge in [0.05, 0.1) is 5.41 Å². The number of fused-ring (bicyclic) bond motifs is 2. The number of anilines is 1. The number of nitrogens with one attached hydrogen (secondary N) is 1. The summed E-state index contributed by atoms with van der Waals surface area (Å²) in [4.78, 5) is 15.0. The number of likely N-dealkylation sites (tertiary alicyclic amines) is 1. The first-order valence-electron chi connectivity index (χ1n) is 8.32. The van der Waals surface area contributed by atoms with Crippen molar-refractivity contribution in [3.8, 4) is 0 Å². The third kappa shape index (κ3) is 2.34. The Hall–Kier alpha value is -1.42. The van der Waals surface area contributed by atoms with Gasteiger partial charge in [0.1, 0.15) is 6.17 Å². The van der Waals surface area contributed by atoms with Crippen molar-refractivity contribution in [3.05, 3.63) is 29.3 Å². The summed E-state index contributed by atoms with van der Waals surface area (Å²) in [5.41, 5.74) is 2.12. The van der Waals surface area contributed by atoms with Gasteiger partial charge in [-0.25, -0.2) is 4.39 Å². The molecule has 3 rings (SSSR count). The average molecular weight is 304 g/mol. The number of benzene rings is 1. The smallest absolute Gasteiger partial charge is 0.235 e. The van der Waals surface area contributed by atoms with Crippen LogP contribution in [0.5, 0.6) is 0 Å². The number of rotatable bonds is 3. The molecule has 1 spiro atoms. The van der Waals surface area contributed by atoms with Crippen LogP contribution in [0.3, 0.4) is 0 Å². The lowest BCUT2D eigenvalue weighted by Gasteiger charge is -2.40. The van der Waals surface area contributed by atoms with Crippen molar-refractivity contribution in [2.45, 2.75) is 57.7 Å². The maximum Gasteiger partial charge on any atom is 0.235 e. The van der Waals surface area contributed by atoms with E-state index in [9.17, 15) is 9.18 Å². The summed E-state index contributed by atoms with van der Waals surface area (Å²) in [6.45, 7) is 8.06. The van der Waals surface area contributed by atoms with Crippen LogP contribution in [0, 0.1) is 0 Å². The van der Waals surface area contributed by atoms with Crippen LogP contribution in [0.15, 0.2) is 18.2 Å². The number of alkyl halides is 1. The van der Waals surface area contributed by atoms with Crippen molar-refractivity contribution in [1.82, 2.24) is 4.90 Å². The summed E-state index contributed by atoms with van der Waals surface area (Å²) in [6.07, 6.45) is 1.15. The normalized spacial score (nSPS) is 22.0. The summed E-state index contributed by atoms with van der Waals surface area (Å²) < 4.78 is 14.0. The molecule has 3 nitrogen and oxygen atoms in total. The number of carbonyl (C=O) groups is 1. The topological polar surface area (TPSA) is 32.3 Å². The first kappa shape index (κ1) is 15.5. The molecule has 1 aromatic rings. The number of nitrogens with zero attached hydrogens (tertiary/aromatic N) is 1. The van der Waals surface area contributed by atoms with E-state index in [2.05, 4.69) is 24.1 Å². The van der Waals surface area contributed by atoms with Gasteiger partial charge in [-0.05, 0) is 69.5 Å². The second kappa shape index (κ2) is 5.65. The fourth-order valence-electron chi connectivity index (χ4n) is 3.78. The molecular weight excluding hydrogens is 279 g/mol. The van der Waals surface area contributed by atoms with Crippen molar-refractivity contribution < 1.29 is 9.18 Å². The minimum atomic E-state index is -0.950. The highest BCUT2D eigenvalue weighted by Gasteiger charge is 2.48. The van der Waals surface area contributed by atoms with Crippen molar-refractivity contribution in [3.63, 3.8) is 0 Å². The predicted molar refractivity (Wildman–Crippen MR) is 86.8 cm³/mol. The fourth-order valence-corrected chi connectivity index (χ4v) is 3.78. The Morgan fingerprint density at radius 2 is 2.00 bits per heavy atom. The van der Waals surface area contributed by atoms with Gasteiger partial charge in [0.2, 0.25) is 5.91 Å². The first-order chi connectivity index (χ1) is 10.5. The molecule has 1 atom stereocenters. The van der Waals surface area contributed by atoms with Gasteiger partial charge in [0, 0.05) is 11.7 Å². The monoisotopic (exact) mass is 304 g/mol. The van der Waals surface area contributed by atoms with Crippen LogP contribution in [0.25, 0.3) is 0 Å². The average Bonchev–Trinajstić information content (AvgIpc) is 2.79. The molecule has 1 N–H and O–H groups in total. The molecule has 1 aromatic carbocycles. The first-order valence-corrected chi connectivity index (χ1v) is 8.32. The van der Waals surface area contributed by atoms with E-state index < -0.39 is 11.6 Å². The lowest BCUT2D eigenvalue weighted by molar-refractivity contribution is -0.122. The zero-order chi connectivity index (χ0) is 15.9. The molecule has 1 fully saturated rings. The predicted octanol–water partition coefficient (Wildman–Crippen LogP) is 3.80. The van der Waals surface area contributed by atoms with Crippen molar-refractivity contribution in [2.75, 3.05) is 18.4 Å². The SMILES string of the molecule is CCC(F)c1ccc2c(c1)C1(CCN(C(C)C)CC1)C(=O)N2. The Morgan fingerprint density at radius 1 is 1.32 bits per heavy atom. The highest BCUT2D eigenvalue weighted by Crippen LogP contribution is 2.46. The van der Waals surface area contributed by atoms with Gasteiger partial charge in [0.15, 0.2) is 0 Å². The molecule has 0 bridgehead atoms. The lowest BCUT2D eigenvalue weighted by atomic mass is 9.73. The second-order valence-electron chi connectivity index (χ2n) is 6.85. The van der Waals surface area contributed by atoms with E-state index in [1.54, 1.807) is 6.07 Å². The Morgan fingerprint density at radius 3 is 2.59 bits per heavy atom. The maximum atomic E-state index is 14.0. The Kier molecular flexibility index (Phi) is 3.98. The minimum absolute atomic E-state index is 0.0926. The van der Waals surface area contributed by atoms with Gasteiger partial charge in [-0.1, -0.05) is 13.0 Å². The molecule has 4 heteroatoms. The molecule has 120 valence electrons. The molecule has 1 unspecified atom stereocenters. The quantitative estimate of drug-likeness (QED) is 0.921. The van der Waals surface area contributed by atoms with E-state index in [1.807, 2.05) is 19.1 Å². The number of piperidine rings is 1. The van der Waals surface area contributed by atoms with Crippen LogP contribution >= 0.6 is 0 Å². The third-order valence-corrected chi connectivity index (χ3v) is 5.34. The summed E-state index contributed by atoms with van der Waals surface area (Å²) in [5.74, 6) is 0.0926. The molecule has 2 heterocycles. The zero-order valence-electron chi connectivity index (χ0n) is 13.7. The number of hydrogen-bond donors (Lipinski definition) is 1. The molecule has 0 aromatic heterocycles. The van der Waals surface area contributed by atoms with Gasteiger partial charge in [-0.2, -0.15) is 0 Å². The molecule has 0 radical (unpaired) electrons. The maximum absolute atomic E-state index is 14.0. The standard InChI is InChI=1S/C18H25FN2O/c1-4-15(19)13-5-6-16-14(11-13)18(17(22)20-16)7-9-21(10-8-18)12(2)3/h5-6,11-12,15H,4,7-10H2,1-3H3,(H,20,22). The summed E-state index contributed by atoms with van der Waals surface area (Å²) in [6, 6.07) is 6.10. The van der Waals surface area contributed by atoms with E-state index >= 15 is 0 Å². The fraction of sp³-hybridized carbons (Fsp3) is 0.611. The second-order valence-corrected chi connectivity index (χ2v) is 6.85. The molecule has 22 heavy (non-hydrogen) atoms. The van der Waals surface area contributed by atoms with Crippen molar-refractivity contribution in [2.24, 2.45) is 0 Å². The Balaban J connectivity index is 1.93. The van der Waals surface area contributed by atoms with Gasteiger partial charge >= 0.3 is 0 Å². The number of amides is 1. The molecule has 0 saturated carbocycles. The van der Waals surface area contributed by atoms with Gasteiger partial charge in [-0.15, -0.1) is 0 Å². The number of carbonyl (C=O) groups excluding carboxylic acids is 1. The summed E-state index contributed by atoms with van der Waals surface area (Å²) >= 11 is 0. The number of hydrogen-bond acceptors (Lipinski definition) is 2. The van der Waals surface area contributed by atoms with E-state index in [4.69, 9.17) is 0 Å².